The highest BCUT2D eigenvalue weighted by atomic mass is 32.2. The van der Waals surface area contributed by atoms with Gasteiger partial charge in [-0.25, -0.2) is 13.4 Å². The van der Waals surface area contributed by atoms with Crippen molar-refractivity contribution in [3.63, 3.8) is 0 Å². The van der Waals surface area contributed by atoms with Gasteiger partial charge in [0.05, 0.1) is 29.2 Å². The number of aromatic amines is 1. The molecule has 212 valence electrons. The van der Waals surface area contributed by atoms with E-state index >= 15 is 0 Å². The van der Waals surface area contributed by atoms with Crippen LogP contribution in [-0.4, -0.2) is 70.5 Å². The van der Waals surface area contributed by atoms with Gasteiger partial charge in [-0.3, -0.25) is 19.4 Å². The minimum Gasteiger partial charge on any atom is -0.480 e. The molecule has 13 heteroatoms. The van der Waals surface area contributed by atoms with E-state index in [0.29, 0.717) is 35.7 Å². The predicted octanol–water partition coefficient (Wildman–Crippen LogP) is 3.32. The lowest BCUT2D eigenvalue weighted by atomic mass is 10.0. The summed E-state index contributed by atoms with van der Waals surface area (Å²) >= 11 is 0. The number of aliphatic carboxylic acids is 1. The molecule has 3 aromatic heterocycles. The summed E-state index contributed by atoms with van der Waals surface area (Å²) in [7, 11) is -1.72. The van der Waals surface area contributed by atoms with Crippen molar-refractivity contribution in [1.29, 1.82) is 0 Å². The average Bonchev–Trinajstić information content (AvgIpc) is 3.50. The van der Waals surface area contributed by atoms with Gasteiger partial charge in [0.15, 0.2) is 14.9 Å². The van der Waals surface area contributed by atoms with Gasteiger partial charge in [0, 0.05) is 42.4 Å². The fraction of sp³-hybridized carbons (Fsp3) is 0.250. The number of amides is 2. The van der Waals surface area contributed by atoms with E-state index in [1.54, 1.807) is 24.1 Å². The van der Waals surface area contributed by atoms with Gasteiger partial charge >= 0.3 is 5.97 Å². The number of H-pyrrole nitrogens is 1. The van der Waals surface area contributed by atoms with Crippen LogP contribution in [0.2, 0.25) is 0 Å². The number of carboxylic acids is 1. The molecule has 0 spiro atoms. The van der Waals surface area contributed by atoms with Gasteiger partial charge in [-0.05, 0) is 55.8 Å². The Hall–Kier alpha value is -4.78. The molecule has 0 bridgehead atoms. The smallest absolute Gasteiger partial charge is 0.325 e. The van der Waals surface area contributed by atoms with Crippen molar-refractivity contribution >= 4 is 38.5 Å². The Labute approximate surface area is 235 Å². The first-order chi connectivity index (χ1) is 19.4. The second-order valence-corrected chi connectivity index (χ2v) is 11.9. The number of nitrogens with zero attached hydrogens (tertiary/aromatic N) is 3. The summed E-state index contributed by atoms with van der Waals surface area (Å²) in [6, 6.07) is 10.5. The zero-order valence-corrected chi connectivity index (χ0v) is 23.2. The Bertz CT molecular complexity index is 1770. The first-order valence-electron chi connectivity index (χ1n) is 12.7. The minimum absolute atomic E-state index is 0.0264. The Morgan fingerprint density at radius 1 is 1.15 bits per heavy atom. The van der Waals surface area contributed by atoms with Crippen molar-refractivity contribution in [2.45, 2.75) is 36.9 Å². The fourth-order valence-electron chi connectivity index (χ4n) is 4.63. The Morgan fingerprint density at radius 2 is 1.93 bits per heavy atom. The number of hydrogen-bond acceptors (Lipinski definition) is 8. The molecule has 0 radical (unpaired) electrons. The van der Waals surface area contributed by atoms with Crippen LogP contribution in [0, 0.1) is 0 Å². The maximum Gasteiger partial charge on any atom is 0.325 e. The molecule has 3 N–H and O–H groups in total. The van der Waals surface area contributed by atoms with E-state index in [1.807, 2.05) is 18.2 Å². The van der Waals surface area contributed by atoms with Crippen LogP contribution in [0.25, 0.3) is 22.3 Å². The van der Waals surface area contributed by atoms with E-state index in [2.05, 4.69) is 20.3 Å². The van der Waals surface area contributed by atoms with Crippen molar-refractivity contribution in [2.24, 2.45) is 0 Å². The average molecular weight is 578 g/mol. The van der Waals surface area contributed by atoms with Crippen molar-refractivity contribution < 1.29 is 32.6 Å². The third-order valence-electron chi connectivity index (χ3n) is 6.94. The third kappa shape index (κ3) is 5.75. The number of aromatic nitrogens is 3. The number of benzene rings is 1. The van der Waals surface area contributed by atoms with Gasteiger partial charge in [0.1, 0.15) is 17.5 Å². The van der Waals surface area contributed by atoms with Crippen LogP contribution in [0.5, 0.6) is 11.5 Å². The molecule has 2 amide bonds. The van der Waals surface area contributed by atoms with Crippen LogP contribution in [0.15, 0.2) is 59.9 Å². The number of carbonyl (C=O) groups is 3. The molecule has 0 saturated carbocycles. The highest BCUT2D eigenvalue weighted by molar-refractivity contribution is 7.90. The van der Waals surface area contributed by atoms with Gasteiger partial charge < -0.3 is 25.0 Å². The lowest BCUT2D eigenvalue weighted by molar-refractivity contribution is -0.138. The van der Waals surface area contributed by atoms with E-state index in [4.69, 9.17) is 9.84 Å². The molecule has 1 unspecified atom stereocenters. The lowest BCUT2D eigenvalue weighted by Crippen LogP contribution is -2.38. The van der Waals surface area contributed by atoms with Crippen molar-refractivity contribution in [3.05, 3.63) is 66.0 Å². The number of nitrogens with one attached hydrogen (secondary N) is 2. The molecule has 2 atom stereocenters. The van der Waals surface area contributed by atoms with Crippen molar-refractivity contribution in [3.8, 4) is 22.9 Å². The summed E-state index contributed by atoms with van der Waals surface area (Å²) in [5.74, 6) is -0.821. The van der Waals surface area contributed by atoms with E-state index in [-0.39, 0.29) is 22.5 Å². The molecular weight excluding hydrogens is 550 g/mol. The normalized spacial score (nSPS) is 16.1. The molecule has 5 rings (SSSR count). The standard InChI is InChI=1S/C28H27N5O7S/c1-15(28(36)37)31-27(35)16-4-6-20(29-13-16)22-10-17-11-24(40-18-5-8-25(30-14-18)41(3,38)39)19(12-21(17)32-22)23-7-9-26(34)33(23)2/h4-6,8,10-15,23,32H,7,9H2,1-3H3,(H,31,35)(H,36,37)/t15-,23?/m0/s1. The Morgan fingerprint density at radius 3 is 2.51 bits per heavy atom. The number of likely N-dealkylation sites (tertiary alicyclic amines) is 1. The van der Waals surface area contributed by atoms with Gasteiger partial charge in [0.2, 0.25) is 5.91 Å². The summed E-state index contributed by atoms with van der Waals surface area (Å²) < 4.78 is 29.8. The number of ether oxygens (including phenoxy) is 1. The third-order valence-corrected chi connectivity index (χ3v) is 7.94. The van der Waals surface area contributed by atoms with E-state index in [0.717, 1.165) is 22.7 Å². The molecule has 41 heavy (non-hydrogen) atoms. The first kappa shape index (κ1) is 27.8. The molecule has 4 heterocycles. The fourth-order valence-corrected chi connectivity index (χ4v) is 5.19. The first-order valence-corrected chi connectivity index (χ1v) is 14.6. The SMILES string of the molecule is C[C@H](NC(=O)c1ccc(-c2cc3cc(Oc4ccc(S(C)(=O)=O)nc4)c(C4CCC(=O)N4C)cc3[nH]2)nc1)C(=O)O. The van der Waals surface area contributed by atoms with E-state index in [1.165, 1.54) is 31.5 Å². The molecule has 1 fully saturated rings. The molecule has 1 saturated heterocycles. The maximum absolute atomic E-state index is 12.3. The number of hydrogen-bond donors (Lipinski definition) is 3. The largest absolute Gasteiger partial charge is 0.480 e. The summed E-state index contributed by atoms with van der Waals surface area (Å²) in [5.41, 5.74) is 3.00. The summed E-state index contributed by atoms with van der Waals surface area (Å²) in [6.45, 7) is 1.37. The van der Waals surface area contributed by atoms with Crippen LogP contribution in [0.1, 0.15) is 41.7 Å². The molecule has 1 aliphatic rings. The number of fused-ring (bicyclic) bond motifs is 1. The molecule has 1 aliphatic heterocycles. The van der Waals surface area contributed by atoms with E-state index < -0.39 is 27.8 Å². The summed E-state index contributed by atoms with van der Waals surface area (Å²) in [4.78, 5) is 49.1. The molecule has 12 nitrogen and oxygen atoms in total. The number of carboxylic acid groups (broad SMARTS) is 1. The second-order valence-electron chi connectivity index (χ2n) is 9.89. The Balaban J connectivity index is 1.48. The van der Waals surface area contributed by atoms with Crippen molar-refractivity contribution in [1.82, 2.24) is 25.2 Å². The Kier molecular flexibility index (Phi) is 7.22. The zero-order chi connectivity index (χ0) is 29.5. The van der Waals surface area contributed by atoms with Gasteiger partial charge in [-0.2, -0.15) is 0 Å². The van der Waals surface area contributed by atoms with Crippen LogP contribution in [0.4, 0.5) is 0 Å². The number of rotatable bonds is 8. The van der Waals surface area contributed by atoms with Gasteiger partial charge in [-0.1, -0.05) is 0 Å². The van der Waals surface area contributed by atoms with Crippen molar-refractivity contribution in [2.75, 3.05) is 13.3 Å². The van der Waals surface area contributed by atoms with Gasteiger partial charge in [-0.15, -0.1) is 0 Å². The van der Waals surface area contributed by atoms with Crippen LogP contribution in [-0.2, 0) is 19.4 Å². The quantitative estimate of drug-likeness (QED) is 0.284. The highest BCUT2D eigenvalue weighted by Gasteiger charge is 2.32. The van der Waals surface area contributed by atoms with Crippen LogP contribution in [0.3, 0.4) is 0 Å². The second kappa shape index (κ2) is 10.7. The highest BCUT2D eigenvalue weighted by Crippen LogP contribution is 2.41. The predicted molar refractivity (Wildman–Crippen MR) is 148 cm³/mol. The zero-order valence-electron chi connectivity index (χ0n) is 22.4. The van der Waals surface area contributed by atoms with Crippen LogP contribution < -0.4 is 10.1 Å². The van der Waals surface area contributed by atoms with Crippen LogP contribution >= 0.6 is 0 Å². The molecule has 1 aromatic carbocycles. The number of pyridine rings is 2. The summed E-state index contributed by atoms with van der Waals surface area (Å²) in [6.07, 6.45) is 4.82. The monoisotopic (exact) mass is 577 g/mol. The topological polar surface area (TPSA) is 172 Å². The minimum atomic E-state index is -3.46. The summed E-state index contributed by atoms with van der Waals surface area (Å²) in [5, 5.41) is 12.1. The lowest BCUT2D eigenvalue weighted by Gasteiger charge is -2.23. The molecule has 0 aliphatic carbocycles. The van der Waals surface area contributed by atoms with Gasteiger partial charge in [0.25, 0.3) is 5.91 Å². The molecule has 4 aromatic rings. The van der Waals surface area contributed by atoms with E-state index in [9.17, 15) is 22.8 Å². The number of sulfone groups is 1. The maximum atomic E-state index is 12.3. The number of carbonyl (C=O) groups excluding carboxylic acids is 2. The molecular formula is C28H27N5O7S.